The first kappa shape index (κ1) is 15.1. The standard InChI is InChI=1S/C14H18IN3O2/c1-2-16-14(20)18-8-6-17(7-9-18)13(19)11-4-3-5-12(15)10-11/h3-5,10H,2,6-9H2,1H3,(H,16,20). The number of amides is 3. The summed E-state index contributed by atoms with van der Waals surface area (Å²) < 4.78 is 1.05. The molecule has 0 aliphatic carbocycles. The Morgan fingerprint density at radius 2 is 1.85 bits per heavy atom. The lowest BCUT2D eigenvalue weighted by Gasteiger charge is -2.34. The minimum absolute atomic E-state index is 0.0408. The fourth-order valence-electron chi connectivity index (χ4n) is 2.18. The van der Waals surface area contributed by atoms with Gasteiger partial charge in [0.25, 0.3) is 5.91 Å². The molecule has 0 unspecified atom stereocenters. The van der Waals surface area contributed by atoms with E-state index in [2.05, 4.69) is 27.9 Å². The van der Waals surface area contributed by atoms with Crippen molar-refractivity contribution in [2.75, 3.05) is 32.7 Å². The Bertz CT molecular complexity index is 499. The Labute approximate surface area is 132 Å². The smallest absolute Gasteiger partial charge is 0.317 e. The third-order valence-corrected chi connectivity index (χ3v) is 3.92. The minimum Gasteiger partial charge on any atom is -0.338 e. The van der Waals surface area contributed by atoms with Gasteiger partial charge >= 0.3 is 6.03 Å². The van der Waals surface area contributed by atoms with Crippen molar-refractivity contribution in [3.05, 3.63) is 33.4 Å². The van der Waals surface area contributed by atoms with Crippen molar-refractivity contribution in [1.29, 1.82) is 0 Å². The molecule has 1 aliphatic heterocycles. The van der Waals surface area contributed by atoms with Crippen LogP contribution < -0.4 is 5.32 Å². The normalized spacial score (nSPS) is 15.1. The number of rotatable bonds is 2. The number of carbonyl (C=O) groups excluding carboxylic acids is 2. The van der Waals surface area contributed by atoms with Crippen LogP contribution in [0.15, 0.2) is 24.3 Å². The van der Waals surface area contributed by atoms with Gasteiger partial charge in [-0.1, -0.05) is 6.07 Å². The van der Waals surface area contributed by atoms with Crippen molar-refractivity contribution >= 4 is 34.5 Å². The monoisotopic (exact) mass is 387 g/mol. The molecule has 1 N–H and O–H groups in total. The Morgan fingerprint density at radius 1 is 1.20 bits per heavy atom. The maximum absolute atomic E-state index is 12.4. The molecule has 3 amide bonds. The molecule has 1 heterocycles. The van der Waals surface area contributed by atoms with Gasteiger partial charge in [0.1, 0.15) is 0 Å². The van der Waals surface area contributed by atoms with Crippen molar-refractivity contribution in [3.63, 3.8) is 0 Å². The number of carbonyl (C=O) groups is 2. The van der Waals surface area contributed by atoms with E-state index in [1.54, 1.807) is 9.80 Å². The molecular formula is C14H18IN3O2. The molecule has 0 spiro atoms. The largest absolute Gasteiger partial charge is 0.338 e. The molecule has 1 saturated heterocycles. The lowest BCUT2D eigenvalue weighted by Crippen LogP contribution is -2.53. The molecule has 6 heteroatoms. The highest BCUT2D eigenvalue weighted by Gasteiger charge is 2.24. The molecule has 2 rings (SSSR count). The van der Waals surface area contributed by atoms with Crippen LogP contribution in [-0.4, -0.2) is 54.5 Å². The van der Waals surface area contributed by atoms with Crippen LogP contribution in [0.4, 0.5) is 4.79 Å². The zero-order chi connectivity index (χ0) is 14.5. The second-order valence-corrected chi connectivity index (χ2v) is 5.87. The maximum Gasteiger partial charge on any atom is 0.317 e. The molecular weight excluding hydrogens is 369 g/mol. The molecule has 0 bridgehead atoms. The Balaban J connectivity index is 1.93. The van der Waals surface area contributed by atoms with E-state index >= 15 is 0 Å². The second kappa shape index (κ2) is 6.92. The Kier molecular flexibility index (Phi) is 5.22. The number of nitrogens with zero attached hydrogens (tertiary/aromatic N) is 2. The van der Waals surface area contributed by atoms with Gasteiger partial charge in [-0.2, -0.15) is 0 Å². The molecule has 1 fully saturated rings. The summed E-state index contributed by atoms with van der Waals surface area (Å²) in [6, 6.07) is 7.53. The molecule has 5 nitrogen and oxygen atoms in total. The first-order chi connectivity index (χ1) is 9.61. The fraction of sp³-hybridized carbons (Fsp3) is 0.429. The van der Waals surface area contributed by atoms with Gasteiger partial charge in [0, 0.05) is 41.9 Å². The lowest BCUT2D eigenvalue weighted by atomic mass is 10.2. The number of nitrogens with one attached hydrogen (secondary N) is 1. The first-order valence-corrected chi connectivity index (χ1v) is 7.77. The summed E-state index contributed by atoms with van der Waals surface area (Å²) >= 11 is 2.20. The Hall–Kier alpha value is -1.31. The van der Waals surface area contributed by atoms with Crippen molar-refractivity contribution in [3.8, 4) is 0 Å². The summed E-state index contributed by atoms with van der Waals surface area (Å²) in [5.74, 6) is 0.0408. The number of hydrogen-bond acceptors (Lipinski definition) is 2. The highest BCUT2D eigenvalue weighted by Crippen LogP contribution is 2.12. The molecule has 0 aromatic heterocycles. The summed E-state index contributed by atoms with van der Waals surface area (Å²) in [5, 5.41) is 2.78. The minimum atomic E-state index is -0.0474. The predicted octanol–water partition coefficient (Wildman–Crippen LogP) is 1.78. The third-order valence-electron chi connectivity index (χ3n) is 3.25. The third kappa shape index (κ3) is 3.62. The number of piperazine rings is 1. The van der Waals surface area contributed by atoms with E-state index in [0.29, 0.717) is 38.3 Å². The molecule has 0 saturated carbocycles. The SMILES string of the molecule is CCNC(=O)N1CCN(C(=O)c2cccc(I)c2)CC1. The quantitative estimate of drug-likeness (QED) is 0.787. The highest BCUT2D eigenvalue weighted by molar-refractivity contribution is 14.1. The van der Waals surface area contributed by atoms with E-state index in [1.807, 2.05) is 31.2 Å². The van der Waals surface area contributed by atoms with E-state index in [0.717, 1.165) is 3.57 Å². The van der Waals surface area contributed by atoms with E-state index in [1.165, 1.54) is 0 Å². The van der Waals surface area contributed by atoms with Crippen LogP contribution in [-0.2, 0) is 0 Å². The summed E-state index contributed by atoms with van der Waals surface area (Å²) in [6.45, 7) is 4.86. The molecule has 1 aliphatic rings. The van der Waals surface area contributed by atoms with Crippen molar-refractivity contribution in [2.45, 2.75) is 6.92 Å². The van der Waals surface area contributed by atoms with Gasteiger partial charge in [0.05, 0.1) is 0 Å². The maximum atomic E-state index is 12.4. The summed E-state index contributed by atoms with van der Waals surface area (Å²) in [5.41, 5.74) is 0.711. The summed E-state index contributed by atoms with van der Waals surface area (Å²) in [6.07, 6.45) is 0. The zero-order valence-corrected chi connectivity index (χ0v) is 13.6. The number of hydrogen-bond donors (Lipinski definition) is 1. The molecule has 20 heavy (non-hydrogen) atoms. The average Bonchev–Trinajstić information content (AvgIpc) is 2.47. The van der Waals surface area contributed by atoms with Crippen LogP contribution >= 0.6 is 22.6 Å². The van der Waals surface area contributed by atoms with Crippen molar-refractivity contribution in [2.24, 2.45) is 0 Å². The van der Waals surface area contributed by atoms with Gasteiger partial charge in [0.2, 0.25) is 0 Å². The van der Waals surface area contributed by atoms with E-state index in [-0.39, 0.29) is 11.9 Å². The fourth-order valence-corrected chi connectivity index (χ4v) is 2.72. The van der Waals surface area contributed by atoms with Gasteiger partial charge in [-0.15, -0.1) is 0 Å². The molecule has 108 valence electrons. The van der Waals surface area contributed by atoms with Gasteiger partial charge in [0.15, 0.2) is 0 Å². The molecule has 0 radical (unpaired) electrons. The van der Waals surface area contributed by atoms with Gasteiger partial charge < -0.3 is 15.1 Å². The van der Waals surface area contributed by atoms with E-state index in [9.17, 15) is 9.59 Å². The zero-order valence-electron chi connectivity index (χ0n) is 11.4. The molecule has 1 aromatic rings. The van der Waals surface area contributed by atoms with Gasteiger partial charge in [-0.05, 0) is 47.7 Å². The number of urea groups is 1. The average molecular weight is 387 g/mol. The summed E-state index contributed by atoms with van der Waals surface area (Å²) in [7, 11) is 0. The second-order valence-electron chi connectivity index (χ2n) is 4.63. The topological polar surface area (TPSA) is 52.7 Å². The van der Waals surface area contributed by atoms with E-state index < -0.39 is 0 Å². The van der Waals surface area contributed by atoms with Crippen molar-refractivity contribution in [1.82, 2.24) is 15.1 Å². The van der Waals surface area contributed by atoms with Crippen LogP contribution in [0, 0.1) is 3.57 Å². The molecule has 0 atom stereocenters. The van der Waals surface area contributed by atoms with Crippen LogP contribution in [0.3, 0.4) is 0 Å². The Morgan fingerprint density at radius 3 is 2.45 bits per heavy atom. The van der Waals surface area contributed by atoms with Crippen LogP contribution in [0.5, 0.6) is 0 Å². The van der Waals surface area contributed by atoms with Crippen LogP contribution in [0.2, 0.25) is 0 Å². The predicted molar refractivity (Wildman–Crippen MR) is 85.7 cm³/mol. The van der Waals surface area contributed by atoms with Crippen molar-refractivity contribution < 1.29 is 9.59 Å². The number of halogens is 1. The summed E-state index contributed by atoms with van der Waals surface area (Å²) in [4.78, 5) is 27.6. The van der Waals surface area contributed by atoms with Crippen LogP contribution in [0.25, 0.3) is 0 Å². The lowest BCUT2D eigenvalue weighted by molar-refractivity contribution is 0.0665. The number of benzene rings is 1. The van der Waals surface area contributed by atoms with E-state index in [4.69, 9.17) is 0 Å². The first-order valence-electron chi connectivity index (χ1n) is 6.69. The van der Waals surface area contributed by atoms with Gasteiger partial charge in [-0.3, -0.25) is 4.79 Å². The highest BCUT2D eigenvalue weighted by atomic mass is 127. The van der Waals surface area contributed by atoms with Crippen LogP contribution in [0.1, 0.15) is 17.3 Å². The molecule has 1 aromatic carbocycles. The van der Waals surface area contributed by atoms with Gasteiger partial charge in [-0.25, -0.2) is 4.79 Å².